The Morgan fingerprint density at radius 1 is 1.22 bits per heavy atom. The van der Waals surface area contributed by atoms with Gasteiger partial charge in [0.05, 0.1) is 13.2 Å². The molecule has 0 saturated carbocycles. The van der Waals surface area contributed by atoms with E-state index in [1.807, 2.05) is 0 Å². The zero-order valence-electron chi connectivity index (χ0n) is 13.1. The van der Waals surface area contributed by atoms with E-state index in [4.69, 9.17) is 9.47 Å². The van der Waals surface area contributed by atoms with E-state index in [1.165, 1.54) is 0 Å². The lowest BCUT2D eigenvalue weighted by Crippen LogP contribution is -2.46. The minimum Gasteiger partial charge on any atom is -0.383 e. The monoisotopic (exact) mass is 260 g/mol. The zero-order valence-corrected chi connectivity index (χ0v) is 13.1. The summed E-state index contributed by atoms with van der Waals surface area (Å²) in [5.41, 5.74) is 0.256. The van der Waals surface area contributed by atoms with Gasteiger partial charge in [0, 0.05) is 39.9 Å². The van der Waals surface area contributed by atoms with Crippen molar-refractivity contribution < 1.29 is 9.47 Å². The predicted octanol–water partition coefficient (Wildman–Crippen LogP) is 1.61. The quantitative estimate of drug-likeness (QED) is 0.612. The molecule has 1 atom stereocenters. The summed E-state index contributed by atoms with van der Waals surface area (Å²) in [5, 5.41) is 3.43. The summed E-state index contributed by atoms with van der Waals surface area (Å²) in [5.74, 6) is 0. The summed E-state index contributed by atoms with van der Waals surface area (Å²) in [6.07, 6.45) is 0. The normalized spacial score (nSPS) is 14.2. The van der Waals surface area contributed by atoms with Crippen molar-refractivity contribution in [2.45, 2.75) is 33.7 Å². The van der Waals surface area contributed by atoms with Crippen molar-refractivity contribution in [1.29, 1.82) is 0 Å². The molecule has 18 heavy (non-hydrogen) atoms. The Hall–Kier alpha value is -0.160. The average molecular weight is 260 g/mol. The summed E-state index contributed by atoms with van der Waals surface area (Å²) in [7, 11) is 3.51. The number of hydrogen-bond acceptors (Lipinski definition) is 4. The second kappa shape index (κ2) is 9.73. The molecule has 0 aliphatic rings. The maximum absolute atomic E-state index is 5.26. The lowest BCUT2D eigenvalue weighted by atomic mass is 9.92. The molecule has 1 unspecified atom stereocenters. The highest BCUT2D eigenvalue weighted by Crippen LogP contribution is 2.17. The van der Waals surface area contributed by atoms with Gasteiger partial charge in [-0.25, -0.2) is 0 Å². The Morgan fingerprint density at radius 3 is 2.39 bits per heavy atom. The summed E-state index contributed by atoms with van der Waals surface area (Å²) < 4.78 is 10.5. The first kappa shape index (κ1) is 17.8. The Labute approximate surface area is 113 Å². The van der Waals surface area contributed by atoms with E-state index in [1.54, 1.807) is 14.2 Å². The molecule has 0 saturated heterocycles. The van der Waals surface area contributed by atoms with Gasteiger partial charge in [0.2, 0.25) is 0 Å². The summed E-state index contributed by atoms with van der Waals surface area (Å²) in [6, 6.07) is 0.422. The van der Waals surface area contributed by atoms with Crippen LogP contribution in [0.3, 0.4) is 0 Å². The number of nitrogens with zero attached hydrogens (tertiary/aromatic N) is 1. The lowest BCUT2D eigenvalue weighted by molar-refractivity contribution is 0.0511. The van der Waals surface area contributed by atoms with Crippen molar-refractivity contribution in [3.63, 3.8) is 0 Å². The van der Waals surface area contributed by atoms with Gasteiger partial charge in [0.15, 0.2) is 0 Å². The fraction of sp³-hybridized carbons (Fsp3) is 1.00. The third-order valence-corrected chi connectivity index (χ3v) is 3.10. The maximum Gasteiger partial charge on any atom is 0.0615 e. The van der Waals surface area contributed by atoms with E-state index in [0.717, 1.165) is 39.4 Å². The highest BCUT2D eigenvalue weighted by molar-refractivity contribution is 4.79. The maximum atomic E-state index is 5.26. The smallest absolute Gasteiger partial charge is 0.0615 e. The standard InChI is InChI=1S/C14H32N2O2/c1-7-15-11-14(3,4)12-16(8-9-17-5)13(2)10-18-6/h13,15H,7-12H2,1-6H3. The highest BCUT2D eigenvalue weighted by Gasteiger charge is 2.24. The first-order valence-electron chi connectivity index (χ1n) is 6.89. The van der Waals surface area contributed by atoms with Gasteiger partial charge in [-0.3, -0.25) is 4.90 Å². The van der Waals surface area contributed by atoms with Crippen LogP contribution >= 0.6 is 0 Å². The van der Waals surface area contributed by atoms with E-state index >= 15 is 0 Å². The van der Waals surface area contributed by atoms with Crippen LogP contribution < -0.4 is 5.32 Å². The average Bonchev–Trinajstić information content (AvgIpc) is 2.32. The first-order chi connectivity index (χ1) is 8.46. The largest absolute Gasteiger partial charge is 0.383 e. The summed E-state index contributed by atoms with van der Waals surface area (Å²) >= 11 is 0. The Kier molecular flexibility index (Phi) is 9.64. The van der Waals surface area contributed by atoms with E-state index in [-0.39, 0.29) is 5.41 Å². The van der Waals surface area contributed by atoms with Crippen LogP contribution in [0.25, 0.3) is 0 Å². The summed E-state index contributed by atoms with van der Waals surface area (Å²) in [6.45, 7) is 14.6. The van der Waals surface area contributed by atoms with Gasteiger partial charge in [0.25, 0.3) is 0 Å². The van der Waals surface area contributed by atoms with Crippen LogP contribution in [-0.2, 0) is 9.47 Å². The second-order valence-electron chi connectivity index (χ2n) is 5.71. The van der Waals surface area contributed by atoms with Crippen molar-refractivity contribution >= 4 is 0 Å². The minimum absolute atomic E-state index is 0.256. The van der Waals surface area contributed by atoms with Gasteiger partial charge in [-0.15, -0.1) is 0 Å². The van der Waals surface area contributed by atoms with Crippen molar-refractivity contribution in [3.05, 3.63) is 0 Å². The molecule has 0 aromatic rings. The van der Waals surface area contributed by atoms with Crippen LogP contribution in [0.15, 0.2) is 0 Å². The fourth-order valence-electron chi connectivity index (χ4n) is 2.08. The molecule has 0 heterocycles. The van der Waals surface area contributed by atoms with Crippen molar-refractivity contribution in [1.82, 2.24) is 10.2 Å². The van der Waals surface area contributed by atoms with Crippen LogP contribution in [0.5, 0.6) is 0 Å². The number of nitrogens with one attached hydrogen (secondary N) is 1. The Morgan fingerprint density at radius 2 is 1.89 bits per heavy atom. The molecule has 0 radical (unpaired) electrons. The highest BCUT2D eigenvalue weighted by atomic mass is 16.5. The molecule has 0 amide bonds. The fourth-order valence-corrected chi connectivity index (χ4v) is 2.08. The third-order valence-electron chi connectivity index (χ3n) is 3.10. The molecule has 0 aromatic heterocycles. The van der Waals surface area contributed by atoms with Gasteiger partial charge in [-0.2, -0.15) is 0 Å². The van der Waals surface area contributed by atoms with E-state index in [9.17, 15) is 0 Å². The molecule has 0 fully saturated rings. The van der Waals surface area contributed by atoms with Crippen LogP contribution in [0.1, 0.15) is 27.7 Å². The zero-order chi connectivity index (χ0) is 14.0. The SMILES string of the molecule is CCNCC(C)(C)CN(CCOC)C(C)COC. The van der Waals surface area contributed by atoms with E-state index in [0.29, 0.717) is 6.04 Å². The minimum atomic E-state index is 0.256. The van der Waals surface area contributed by atoms with Crippen LogP contribution in [0, 0.1) is 5.41 Å². The van der Waals surface area contributed by atoms with E-state index < -0.39 is 0 Å². The molecule has 4 nitrogen and oxygen atoms in total. The Balaban J connectivity index is 4.35. The third kappa shape index (κ3) is 8.03. The first-order valence-corrected chi connectivity index (χ1v) is 6.89. The molecule has 0 rings (SSSR count). The molecule has 1 N–H and O–H groups in total. The van der Waals surface area contributed by atoms with Gasteiger partial charge in [-0.1, -0.05) is 20.8 Å². The van der Waals surface area contributed by atoms with Crippen molar-refractivity contribution in [2.24, 2.45) is 5.41 Å². The Bertz CT molecular complexity index is 198. The number of rotatable bonds is 11. The van der Waals surface area contributed by atoms with Crippen LogP contribution in [-0.4, -0.2) is 64.6 Å². The number of hydrogen-bond donors (Lipinski definition) is 1. The van der Waals surface area contributed by atoms with Crippen LogP contribution in [0.4, 0.5) is 0 Å². The molecular formula is C14H32N2O2. The molecule has 0 aromatic carbocycles. The van der Waals surface area contributed by atoms with Gasteiger partial charge in [-0.05, 0) is 18.9 Å². The van der Waals surface area contributed by atoms with E-state index in [2.05, 4.69) is 37.9 Å². The molecule has 4 heteroatoms. The molecule has 0 aliphatic heterocycles. The number of methoxy groups -OCH3 is 2. The predicted molar refractivity (Wildman–Crippen MR) is 77.1 cm³/mol. The van der Waals surface area contributed by atoms with Gasteiger partial charge < -0.3 is 14.8 Å². The molecule has 0 bridgehead atoms. The molecule has 0 spiro atoms. The molecule has 0 aliphatic carbocycles. The van der Waals surface area contributed by atoms with Crippen molar-refractivity contribution in [3.8, 4) is 0 Å². The second-order valence-corrected chi connectivity index (χ2v) is 5.71. The lowest BCUT2D eigenvalue weighted by Gasteiger charge is -2.36. The van der Waals surface area contributed by atoms with Gasteiger partial charge >= 0.3 is 0 Å². The topological polar surface area (TPSA) is 33.7 Å². The summed E-state index contributed by atoms with van der Waals surface area (Å²) in [4.78, 5) is 2.45. The van der Waals surface area contributed by atoms with Crippen molar-refractivity contribution in [2.75, 3.05) is 53.6 Å². The number of ether oxygens (including phenoxy) is 2. The van der Waals surface area contributed by atoms with Crippen LogP contribution in [0.2, 0.25) is 0 Å². The molecular weight excluding hydrogens is 228 g/mol. The molecule has 110 valence electrons. The van der Waals surface area contributed by atoms with Gasteiger partial charge in [0.1, 0.15) is 0 Å².